The van der Waals surface area contributed by atoms with Gasteiger partial charge in [0.1, 0.15) is 6.04 Å². The first-order valence-electron chi connectivity index (χ1n) is 6.35. The minimum absolute atomic E-state index is 0.130. The highest BCUT2D eigenvalue weighted by molar-refractivity contribution is 5.82. The van der Waals surface area contributed by atoms with E-state index in [0.717, 1.165) is 0 Å². The summed E-state index contributed by atoms with van der Waals surface area (Å²) in [5.41, 5.74) is 0. The van der Waals surface area contributed by atoms with Gasteiger partial charge in [0.25, 0.3) is 0 Å². The number of aliphatic carboxylic acids is 1. The number of carboxylic acids is 1. The number of carbonyl (C=O) groups is 2. The Kier molecular flexibility index (Phi) is 8.61. The van der Waals surface area contributed by atoms with Gasteiger partial charge in [-0.1, -0.05) is 26.3 Å². The Morgan fingerprint density at radius 1 is 1.53 bits per heavy atom. The third kappa shape index (κ3) is 6.24. The first-order chi connectivity index (χ1) is 8.97. The first kappa shape index (κ1) is 17.4. The third-order valence-corrected chi connectivity index (χ3v) is 2.96. The van der Waals surface area contributed by atoms with Gasteiger partial charge >= 0.3 is 12.0 Å². The summed E-state index contributed by atoms with van der Waals surface area (Å²) in [7, 11) is 1.54. The van der Waals surface area contributed by atoms with Crippen molar-refractivity contribution < 1.29 is 19.4 Å². The molecule has 0 rings (SSSR count). The summed E-state index contributed by atoms with van der Waals surface area (Å²) in [6, 6.07) is -1.29. The van der Waals surface area contributed by atoms with Crippen LogP contribution in [0.25, 0.3) is 0 Å². The predicted molar refractivity (Wildman–Crippen MR) is 73.1 cm³/mol. The van der Waals surface area contributed by atoms with E-state index in [0.29, 0.717) is 26.1 Å². The van der Waals surface area contributed by atoms with Crippen LogP contribution in [0.15, 0.2) is 12.7 Å². The zero-order chi connectivity index (χ0) is 14.8. The summed E-state index contributed by atoms with van der Waals surface area (Å²) in [5.74, 6) is -1.15. The van der Waals surface area contributed by atoms with Gasteiger partial charge in [0.15, 0.2) is 0 Å². The van der Waals surface area contributed by atoms with Gasteiger partial charge in [-0.3, -0.25) is 0 Å². The molecule has 0 aromatic heterocycles. The smallest absolute Gasteiger partial charge is 0.326 e. The Balaban J connectivity index is 4.64. The maximum atomic E-state index is 12.0. The van der Waals surface area contributed by atoms with E-state index in [-0.39, 0.29) is 5.92 Å². The largest absolute Gasteiger partial charge is 0.480 e. The van der Waals surface area contributed by atoms with Gasteiger partial charge in [0, 0.05) is 20.2 Å². The molecule has 2 amide bonds. The average Bonchev–Trinajstić information content (AvgIpc) is 2.39. The summed E-state index contributed by atoms with van der Waals surface area (Å²) >= 11 is 0. The lowest BCUT2D eigenvalue weighted by Crippen LogP contribution is -2.51. The van der Waals surface area contributed by atoms with Crippen molar-refractivity contribution in [1.29, 1.82) is 0 Å². The summed E-state index contributed by atoms with van der Waals surface area (Å²) in [6.07, 6.45) is 2.27. The van der Waals surface area contributed by atoms with Crippen LogP contribution in [0.3, 0.4) is 0 Å². The topological polar surface area (TPSA) is 78.9 Å². The highest BCUT2D eigenvalue weighted by Gasteiger charge is 2.26. The fourth-order valence-corrected chi connectivity index (χ4v) is 1.54. The number of rotatable bonds is 9. The van der Waals surface area contributed by atoms with Crippen molar-refractivity contribution in [2.45, 2.75) is 26.3 Å². The molecule has 0 spiro atoms. The number of hydrogen-bond donors (Lipinski definition) is 2. The summed E-state index contributed by atoms with van der Waals surface area (Å²) in [5, 5.41) is 11.7. The van der Waals surface area contributed by atoms with Gasteiger partial charge in [-0.2, -0.15) is 0 Å². The predicted octanol–water partition coefficient (Wildman–Crippen LogP) is 1.33. The molecule has 0 saturated carbocycles. The highest BCUT2D eigenvalue weighted by Crippen LogP contribution is 2.08. The molecular formula is C13H24N2O4. The highest BCUT2D eigenvalue weighted by atomic mass is 16.5. The molecule has 0 heterocycles. The van der Waals surface area contributed by atoms with Gasteiger partial charge in [-0.15, -0.1) is 6.58 Å². The SMILES string of the molecule is C=CCN(CCOC)C(=O)N[C@H](C(=O)O)[C@@H](C)CC. The number of carbonyl (C=O) groups excluding carboxylic acids is 1. The second-order valence-corrected chi connectivity index (χ2v) is 4.38. The number of nitrogens with zero attached hydrogens (tertiary/aromatic N) is 1. The lowest BCUT2D eigenvalue weighted by molar-refractivity contribution is -0.140. The van der Waals surface area contributed by atoms with Gasteiger partial charge in [0.2, 0.25) is 0 Å². The van der Waals surface area contributed by atoms with E-state index in [1.54, 1.807) is 20.1 Å². The van der Waals surface area contributed by atoms with Gasteiger partial charge in [-0.05, 0) is 5.92 Å². The van der Waals surface area contributed by atoms with Crippen LogP contribution in [-0.4, -0.2) is 54.9 Å². The molecule has 2 atom stereocenters. The summed E-state index contributed by atoms with van der Waals surface area (Å²) in [6.45, 7) is 8.39. The van der Waals surface area contributed by atoms with E-state index in [1.165, 1.54) is 4.90 Å². The van der Waals surface area contributed by atoms with Crippen molar-refractivity contribution in [3.05, 3.63) is 12.7 Å². The first-order valence-corrected chi connectivity index (χ1v) is 6.35. The molecule has 0 aliphatic rings. The molecule has 0 aliphatic carbocycles. The molecule has 0 fully saturated rings. The van der Waals surface area contributed by atoms with Crippen molar-refractivity contribution in [2.24, 2.45) is 5.92 Å². The number of amides is 2. The lowest BCUT2D eigenvalue weighted by Gasteiger charge is -2.26. The quantitative estimate of drug-likeness (QED) is 0.621. The fraction of sp³-hybridized carbons (Fsp3) is 0.692. The number of methoxy groups -OCH3 is 1. The molecular weight excluding hydrogens is 248 g/mol. The Bertz CT molecular complexity index is 307. The molecule has 6 nitrogen and oxygen atoms in total. The van der Waals surface area contributed by atoms with E-state index >= 15 is 0 Å². The molecule has 2 N–H and O–H groups in total. The molecule has 0 bridgehead atoms. The number of carboxylic acid groups (broad SMARTS) is 1. The van der Waals surface area contributed by atoms with Crippen LogP contribution < -0.4 is 5.32 Å². The molecule has 0 aromatic rings. The average molecular weight is 272 g/mol. The van der Waals surface area contributed by atoms with Crippen LogP contribution >= 0.6 is 0 Å². The van der Waals surface area contributed by atoms with Crippen molar-refractivity contribution in [3.8, 4) is 0 Å². The van der Waals surface area contributed by atoms with Crippen molar-refractivity contribution >= 4 is 12.0 Å². The Hall–Kier alpha value is -1.56. The lowest BCUT2D eigenvalue weighted by atomic mass is 9.99. The second-order valence-electron chi connectivity index (χ2n) is 4.38. The Morgan fingerprint density at radius 3 is 2.58 bits per heavy atom. The summed E-state index contributed by atoms with van der Waals surface area (Å²) in [4.78, 5) is 24.6. The van der Waals surface area contributed by atoms with E-state index in [4.69, 9.17) is 9.84 Å². The zero-order valence-corrected chi connectivity index (χ0v) is 11.9. The molecule has 0 saturated heterocycles. The molecule has 0 radical (unpaired) electrons. The third-order valence-electron chi connectivity index (χ3n) is 2.96. The second kappa shape index (κ2) is 9.38. The van der Waals surface area contributed by atoms with Crippen LogP contribution in [0.5, 0.6) is 0 Å². The molecule has 0 aromatic carbocycles. The van der Waals surface area contributed by atoms with Crippen LogP contribution in [0.4, 0.5) is 4.79 Å². The molecule has 19 heavy (non-hydrogen) atoms. The monoisotopic (exact) mass is 272 g/mol. The van der Waals surface area contributed by atoms with Gasteiger partial charge < -0.3 is 20.1 Å². The number of urea groups is 1. The van der Waals surface area contributed by atoms with Crippen LogP contribution in [0, 0.1) is 5.92 Å². The van der Waals surface area contributed by atoms with E-state index in [9.17, 15) is 9.59 Å². The van der Waals surface area contributed by atoms with E-state index in [1.807, 2.05) is 6.92 Å². The maximum Gasteiger partial charge on any atom is 0.326 e. The molecule has 6 heteroatoms. The Labute approximate surface area is 114 Å². The number of nitrogens with one attached hydrogen (secondary N) is 1. The van der Waals surface area contributed by atoms with Crippen molar-refractivity contribution in [2.75, 3.05) is 26.8 Å². The Morgan fingerprint density at radius 2 is 2.16 bits per heavy atom. The minimum atomic E-state index is -1.02. The fourth-order valence-electron chi connectivity index (χ4n) is 1.54. The molecule has 110 valence electrons. The maximum absolute atomic E-state index is 12.0. The van der Waals surface area contributed by atoms with Crippen molar-refractivity contribution in [1.82, 2.24) is 10.2 Å². The van der Waals surface area contributed by atoms with Crippen LogP contribution in [0.1, 0.15) is 20.3 Å². The zero-order valence-electron chi connectivity index (χ0n) is 11.9. The van der Waals surface area contributed by atoms with Gasteiger partial charge in [0.05, 0.1) is 6.61 Å². The van der Waals surface area contributed by atoms with E-state index < -0.39 is 18.0 Å². The van der Waals surface area contributed by atoms with Crippen LogP contribution in [-0.2, 0) is 9.53 Å². The number of ether oxygens (including phenoxy) is 1. The van der Waals surface area contributed by atoms with Gasteiger partial charge in [-0.25, -0.2) is 9.59 Å². The number of hydrogen-bond acceptors (Lipinski definition) is 3. The molecule has 0 unspecified atom stereocenters. The normalized spacial score (nSPS) is 13.4. The van der Waals surface area contributed by atoms with Crippen LogP contribution in [0.2, 0.25) is 0 Å². The summed E-state index contributed by atoms with van der Waals surface area (Å²) < 4.78 is 4.92. The van der Waals surface area contributed by atoms with E-state index in [2.05, 4.69) is 11.9 Å². The molecule has 0 aliphatic heterocycles. The van der Waals surface area contributed by atoms with Crippen molar-refractivity contribution in [3.63, 3.8) is 0 Å². The standard InChI is InChI=1S/C13H24N2O4/c1-5-7-15(8-9-19-4)13(18)14-11(12(16)17)10(3)6-2/h5,10-11H,1,6-9H2,2-4H3,(H,14,18)(H,16,17)/t10-,11-/m0/s1. The minimum Gasteiger partial charge on any atom is -0.480 e.